The third-order valence-corrected chi connectivity index (χ3v) is 6.89. The van der Waals surface area contributed by atoms with Crippen LogP contribution in [0, 0.1) is 0 Å². The predicted octanol–water partition coefficient (Wildman–Crippen LogP) is 5.54. The lowest BCUT2D eigenvalue weighted by Crippen LogP contribution is -2.37. The molecule has 0 fully saturated rings. The zero-order valence-electron chi connectivity index (χ0n) is 19.3. The molecule has 0 unspecified atom stereocenters. The Labute approximate surface area is 233 Å². The van der Waals surface area contributed by atoms with E-state index in [-0.39, 0.29) is 34.1 Å². The smallest absolute Gasteiger partial charge is 0.385 e. The summed E-state index contributed by atoms with van der Waals surface area (Å²) in [6, 6.07) is 10.5. The van der Waals surface area contributed by atoms with E-state index in [9.17, 15) is 28.2 Å². The molecule has 2 atom stereocenters. The number of alkyl halides is 3. The van der Waals surface area contributed by atoms with Crippen LogP contribution in [0.25, 0.3) is 16.9 Å². The lowest BCUT2D eigenvalue weighted by atomic mass is 10.1. The summed E-state index contributed by atoms with van der Waals surface area (Å²) in [4.78, 5) is 17.6. The molecule has 2 aromatic carbocycles. The molecule has 38 heavy (non-hydrogen) atoms. The van der Waals surface area contributed by atoms with Crippen LogP contribution in [0.5, 0.6) is 0 Å². The number of aliphatic hydroxyl groups is 2. The van der Waals surface area contributed by atoms with Gasteiger partial charge in [-0.15, -0.1) is 5.10 Å². The van der Waals surface area contributed by atoms with Gasteiger partial charge in [0, 0.05) is 10.6 Å². The van der Waals surface area contributed by atoms with Crippen LogP contribution in [-0.2, 0) is 13.1 Å². The minimum Gasteiger partial charge on any atom is -0.385 e. The Kier molecular flexibility index (Phi) is 8.17. The van der Waals surface area contributed by atoms with Gasteiger partial charge in [0.05, 0.1) is 34.5 Å². The average molecular weight is 611 g/mol. The van der Waals surface area contributed by atoms with Crippen molar-refractivity contribution < 1.29 is 23.4 Å². The van der Waals surface area contributed by atoms with Crippen molar-refractivity contribution in [1.29, 1.82) is 0 Å². The van der Waals surface area contributed by atoms with E-state index < -0.39 is 30.6 Å². The molecule has 2 aromatic heterocycles. The van der Waals surface area contributed by atoms with Gasteiger partial charge >= 0.3 is 11.9 Å². The maximum atomic E-state index is 13.3. The van der Waals surface area contributed by atoms with Crippen molar-refractivity contribution in [2.45, 2.75) is 38.4 Å². The van der Waals surface area contributed by atoms with Gasteiger partial charge in [0.1, 0.15) is 11.3 Å². The predicted molar refractivity (Wildman–Crippen MR) is 137 cm³/mol. The largest absolute Gasteiger partial charge is 0.416 e. The summed E-state index contributed by atoms with van der Waals surface area (Å²) in [5.41, 5.74) is -0.284. The van der Waals surface area contributed by atoms with Crippen LogP contribution >= 0.6 is 46.4 Å². The number of aliphatic hydroxyl groups excluding tert-OH is 2. The van der Waals surface area contributed by atoms with Crippen LogP contribution in [0.3, 0.4) is 0 Å². The van der Waals surface area contributed by atoms with Gasteiger partial charge in [0.2, 0.25) is 0 Å². The lowest BCUT2D eigenvalue weighted by molar-refractivity contribution is -0.207. The van der Waals surface area contributed by atoms with Crippen LogP contribution < -0.4 is 5.69 Å². The van der Waals surface area contributed by atoms with E-state index in [0.717, 1.165) is 9.13 Å². The Morgan fingerprint density at radius 1 is 0.974 bits per heavy atom. The van der Waals surface area contributed by atoms with Crippen LogP contribution in [0.4, 0.5) is 13.2 Å². The van der Waals surface area contributed by atoms with E-state index in [0.29, 0.717) is 21.3 Å². The summed E-state index contributed by atoms with van der Waals surface area (Å²) in [6.07, 6.45) is -8.89. The number of benzene rings is 2. The molecule has 0 aliphatic heterocycles. The second-order valence-corrected chi connectivity index (χ2v) is 9.86. The molecule has 2 N–H and O–H groups in total. The van der Waals surface area contributed by atoms with Crippen molar-refractivity contribution in [3.8, 4) is 16.9 Å². The molecular formula is C23H18Cl4F3N5O3. The SMILES string of the molecule is C[C@H](O)c1nc(Cn2c(Cl)c(-c3ccc(Cl)cc3)n(C[C@H](O)C(F)(F)F)c2=O)nn1-c1ccc(Cl)c(Cl)c1. The molecule has 0 saturated carbocycles. The van der Waals surface area contributed by atoms with E-state index in [4.69, 9.17) is 46.4 Å². The lowest BCUT2D eigenvalue weighted by Gasteiger charge is -2.16. The Hall–Kier alpha value is -2.54. The molecule has 2 heterocycles. The second-order valence-electron chi connectivity index (χ2n) is 8.26. The van der Waals surface area contributed by atoms with E-state index in [2.05, 4.69) is 10.1 Å². The first kappa shape index (κ1) is 28.5. The maximum Gasteiger partial charge on any atom is 0.416 e. The number of nitrogens with zero attached hydrogens (tertiary/aromatic N) is 5. The van der Waals surface area contributed by atoms with Crippen LogP contribution in [-0.4, -0.2) is 46.4 Å². The molecule has 0 aliphatic carbocycles. The highest BCUT2D eigenvalue weighted by Gasteiger charge is 2.39. The first-order valence-corrected chi connectivity index (χ1v) is 12.4. The van der Waals surface area contributed by atoms with Gasteiger partial charge in [-0.3, -0.25) is 9.13 Å². The first-order chi connectivity index (χ1) is 17.8. The van der Waals surface area contributed by atoms with Gasteiger partial charge in [0.25, 0.3) is 0 Å². The third-order valence-electron chi connectivity index (χ3n) is 5.51. The number of rotatable bonds is 7. The Bertz CT molecular complexity index is 1530. The van der Waals surface area contributed by atoms with Gasteiger partial charge in [-0.05, 0) is 37.3 Å². The fourth-order valence-electron chi connectivity index (χ4n) is 3.68. The van der Waals surface area contributed by atoms with Crippen molar-refractivity contribution >= 4 is 46.4 Å². The quantitative estimate of drug-likeness (QED) is 0.286. The van der Waals surface area contributed by atoms with E-state index in [1.54, 1.807) is 6.07 Å². The molecule has 0 radical (unpaired) electrons. The molecule has 4 aromatic rings. The molecule has 15 heteroatoms. The summed E-state index contributed by atoms with van der Waals surface area (Å²) < 4.78 is 42.5. The fraction of sp³-hybridized carbons (Fsp3) is 0.261. The molecule has 0 amide bonds. The van der Waals surface area contributed by atoms with Crippen molar-refractivity contribution in [3.63, 3.8) is 0 Å². The number of aromatic nitrogens is 5. The third kappa shape index (κ3) is 5.73. The van der Waals surface area contributed by atoms with Crippen LogP contribution in [0.15, 0.2) is 47.3 Å². The van der Waals surface area contributed by atoms with Crippen LogP contribution in [0.1, 0.15) is 24.7 Å². The zero-order chi connectivity index (χ0) is 27.9. The number of hydrogen-bond acceptors (Lipinski definition) is 5. The summed E-state index contributed by atoms with van der Waals surface area (Å²) in [7, 11) is 0. The molecular weight excluding hydrogens is 593 g/mol. The van der Waals surface area contributed by atoms with Crippen molar-refractivity contribution in [2.24, 2.45) is 0 Å². The molecule has 8 nitrogen and oxygen atoms in total. The molecule has 4 rings (SSSR count). The van der Waals surface area contributed by atoms with E-state index in [1.165, 1.54) is 48.0 Å². The highest BCUT2D eigenvalue weighted by atomic mass is 35.5. The van der Waals surface area contributed by atoms with Gasteiger partial charge in [-0.25, -0.2) is 14.5 Å². The summed E-state index contributed by atoms with van der Waals surface area (Å²) >= 11 is 24.5. The van der Waals surface area contributed by atoms with Gasteiger partial charge < -0.3 is 10.2 Å². The van der Waals surface area contributed by atoms with Crippen molar-refractivity contribution in [2.75, 3.05) is 0 Å². The maximum absolute atomic E-state index is 13.3. The Morgan fingerprint density at radius 3 is 2.21 bits per heavy atom. The minimum atomic E-state index is -4.97. The van der Waals surface area contributed by atoms with Gasteiger partial charge in [-0.2, -0.15) is 13.2 Å². The topological polar surface area (TPSA) is 98.1 Å². The second kappa shape index (κ2) is 10.9. The monoisotopic (exact) mass is 609 g/mol. The molecule has 0 aliphatic rings. The standard InChI is InChI=1S/C23H18Cl4F3N5O3/c1-11(36)21-31-18(32-35(21)14-6-7-15(25)16(26)8-14)10-34-20(27)19(12-2-4-13(24)5-3-12)33(22(34)38)9-17(37)23(28,29)30/h2-8,11,17,36-37H,9-10H2,1H3/t11-,17-/m0/s1. The number of halogens is 7. The number of hydrogen-bond donors (Lipinski definition) is 2. The highest BCUT2D eigenvalue weighted by Crippen LogP contribution is 2.31. The average Bonchev–Trinajstić information content (AvgIpc) is 3.36. The minimum absolute atomic E-state index is 0.0205. The first-order valence-electron chi connectivity index (χ1n) is 10.9. The summed E-state index contributed by atoms with van der Waals surface area (Å²) in [5.74, 6) is 0.125. The van der Waals surface area contributed by atoms with Crippen molar-refractivity contribution in [1.82, 2.24) is 23.9 Å². The Balaban J connectivity index is 1.82. The normalized spacial score (nSPS) is 13.6. The number of imidazole rings is 1. The van der Waals surface area contributed by atoms with Crippen LogP contribution in [0.2, 0.25) is 20.2 Å². The van der Waals surface area contributed by atoms with E-state index in [1.807, 2.05) is 0 Å². The molecule has 0 saturated heterocycles. The summed E-state index contributed by atoms with van der Waals surface area (Å²) in [5, 5.41) is 25.0. The highest BCUT2D eigenvalue weighted by molar-refractivity contribution is 6.42. The molecule has 202 valence electrons. The molecule has 0 bridgehead atoms. The molecule has 0 spiro atoms. The Morgan fingerprint density at radius 2 is 1.63 bits per heavy atom. The van der Waals surface area contributed by atoms with Gasteiger partial charge in [-0.1, -0.05) is 58.5 Å². The van der Waals surface area contributed by atoms with E-state index >= 15 is 0 Å². The van der Waals surface area contributed by atoms with Gasteiger partial charge in [0.15, 0.2) is 17.8 Å². The van der Waals surface area contributed by atoms with Crippen molar-refractivity contribution in [3.05, 3.63) is 84.8 Å². The zero-order valence-corrected chi connectivity index (χ0v) is 22.3. The fourth-order valence-corrected chi connectivity index (χ4v) is 4.45. The summed E-state index contributed by atoms with van der Waals surface area (Å²) in [6.45, 7) is -0.00685.